The normalized spacial score (nSPS) is 13.9. The standard InChI is InChI=1S/C17H41NO2Si2/c1-11-19-21(10,20-12-2)14-13-18(9)22(15(3)4,16(5)6)17(7)8/h15-17H,11-14H2,1-10H3. The quantitative estimate of drug-likeness (QED) is 0.477. The van der Waals surface area contributed by atoms with Crippen LogP contribution in [0.15, 0.2) is 0 Å². The molecule has 0 aliphatic carbocycles. The summed E-state index contributed by atoms with van der Waals surface area (Å²) >= 11 is 0. The van der Waals surface area contributed by atoms with Crippen molar-refractivity contribution in [3.8, 4) is 0 Å². The summed E-state index contributed by atoms with van der Waals surface area (Å²) in [5.74, 6) is 0. The fourth-order valence-corrected chi connectivity index (χ4v) is 14.4. The second-order valence-corrected chi connectivity index (χ2v) is 16.9. The molecule has 0 N–H and O–H groups in total. The van der Waals surface area contributed by atoms with Crippen LogP contribution in [0.1, 0.15) is 55.4 Å². The molecular formula is C17H41NO2Si2. The Hall–Kier alpha value is 0.314. The van der Waals surface area contributed by atoms with Crippen LogP contribution in [-0.2, 0) is 8.85 Å². The summed E-state index contributed by atoms with van der Waals surface area (Å²) in [4.78, 5) is 0. The third-order valence-electron chi connectivity index (χ3n) is 5.24. The molecule has 0 fully saturated rings. The average Bonchev–Trinajstić information content (AvgIpc) is 2.36. The van der Waals surface area contributed by atoms with Gasteiger partial charge in [-0.15, -0.1) is 0 Å². The van der Waals surface area contributed by atoms with E-state index in [9.17, 15) is 0 Å². The highest BCUT2D eigenvalue weighted by molar-refractivity contribution is 6.81. The molecule has 0 atom stereocenters. The summed E-state index contributed by atoms with van der Waals surface area (Å²) in [7, 11) is -1.20. The van der Waals surface area contributed by atoms with Crippen molar-refractivity contribution in [2.75, 3.05) is 26.8 Å². The first-order chi connectivity index (χ1) is 10.1. The third kappa shape index (κ3) is 5.16. The van der Waals surface area contributed by atoms with Crippen molar-refractivity contribution in [1.82, 2.24) is 4.57 Å². The van der Waals surface area contributed by atoms with Gasteiger partial charge in [-0.1, -0.05) is 41.5 Å². The van der Waals surface area contributed by atoms with Crippen molar-refractivity contribution in [2.24, 2.45) is 0 Å². The van der Waals surface area contributed by atoms with Gasteiger partial charge >= 0.3 is 8.56 Å². The fraction of sp³-hybridized carbons (Fsp3) is 1.00. The third-order valence-corrected chi connectivity index (χ3v) is 15.3. The molecule has 5 heteroatoms. The topological polar surface area (TPSA) is 21.7 Å². The summed E-state index contributed by atoms with van der Waals surface area (Å²) in [5.41, 5.74) is 2.26. The molecule has 0 unspecified atom stereocenters. The van der Waals surface area contributed by atoms with Crippen molar-refractivity contribution < 1.29 is 8.85 Å². The Kier molecular flexibility index (Phi) is 9.71. The first-order valence-electron chi connectivity index (χ1n) is 9.07. The predicted octanol–water partition coefficient (Wildman–Crippen LogP) is 5.24. The number of hydrogen-bond acceptors (Lipinski definition) is 3. The highest BCUT2D eigenvalue weighted by atomic mass is 28.4. The van der Waals surface area contributed by atoms with Gasteiger partial charge in [0.2, 0.25) is 0 Å². The molecular weight excluding hydrogens is 306 g/mol. The maximum absolute atomic E-state index is 6.02. The summed E-state index contributed by atoms with van der Waals surface area (Å²) in [6.07, 6.45) is 0. The molecule has 0 heterocycles. The molecule has 0 aromatic heterocycles. The molecule has 0 radical (unpaired) electrons. The number of rotatable bonds is 11. The van der Waals surface area contributed by atoms with Gasteiger partial charge in [-0.05, 0) is 50.6 Å². The first-order valence-corrected chi connectivity index (χ1v) is 13.8. The highest BCUT2D eigenvalue weighted by Crippen LogP contribution is 2.43. The molecule has 22 heavy (non-hydrogen) atoms. The molecule has 0 spiro atoms. The lowest BCUT2D eigenvalue weighted by Crippen LogP contribution is -2.59. The highest BCUT2D eigenvalue weighted by Gasteiger charge is 2.47. The molecule has 0 rings (SSSR count). The van der Waals surface area contributed by atoms with Crippen molar-refractivity contribution in [2.45, 2.75) is 84.6 Å². The van der Waals surface area contributed by atoms with Crippen molar-refractivity contribution in [3.63, 3.8) is 0 Å². The molecule has 3 nitrogen and oxygen atoms in total. The molecule has 0 aromatic carbocycles. The van der Waals surface area contributed by atoms with E-state index in [0.717, 1.165) is 42.4 Å². The van der Waals surface area contributed by atoms with E-state index in [1.165, 1.54) is 0 Å². The molecule has 0 saturated carbocycles. The number of hydrogen-bond donors (Lipinski definition) is 0. The van der Waals surface area contributed by atoms with Crippen LogP contribution >= 0.6 is 0 Å². The molecule has 0 amide bonds. The lowest BCUT2D eigenvalue weighted by Gasteiger charge is -2.50. The Bertz CT molecular complexity index is 281. The SMILES string of the molecule is CCO[Si](C)(CCN(C)[Si](C(C)C)(C(C)C)C(C)C)OCC. The Morgan fingerprint density at radius 2 is 1.18 bits per heavy atom. The van der Waals surface area contributed by atoms with E-state index in [0.29, 0.717) is 0 Å². The maximum atomic E-state index is 6.02. The Labute approximate surface area is 142 Å². The van der Waals surface area contributed by atoms with E-state index < -0.39 is 16.8 Å². The zero-order valence-electron chi connectivity index (χ0n) is 16.8. The van der Waals surface area contributed by atoms with Crippen LogP contribution in [-0.4, -0.2) is 48.2 Å². The minimum atomic E-state index is -2.01. The molecule has 134 valence electrons. The van der Waals surface area contributed by atoms with Crippen molar-refractivity contribution >= 4 is 16.8 Å². The Morgan fingerprint density at radius 3 is 1.45 bits per heavy atom. The first kappa shape index (κ1) is 22.3. The second kappa shape index (κ2) is 9.57. The second-order valence-electron chi connectivity index (χ2n) is 7.52. The Morgan fingerprint density at radius 1 is 0.818 bits per heavy atom. The average molecular weight is 348 g/mol. The smallest absolute Gasteiger partial charge is 0.336 e. The molecule has 0 aliphatic heterocycles. The van der Waals surface area contributed by atoms with Gasteiger partial charge in [-0.3, -0.25) is 0 Å². The van der Waals surface area contributed by atoms with Crippen LogP contribution in [0.4, 0.5) is 0 Å². The molecule has 0 aromatic rings. The molecule has 0 aliphatic rings. The van der Waals surface area contributed by atoms with Gasteiger partial charge < -0.3 is 13.4 Å². The van der Waals surface area contributed by atoms with Crippen molar-refractivity contribution in [3.05, 3.63) is 0 Å². The zero-order chi connectivity index (χ0) is 17.6. The summed E-state index contributed by atoms with van der Waals surface area (Å²) in [5, 5.41) is 0. The van der Waals surface area contributed by atoms with Crippen LogP contribution in [0.25, 0.3) is 0 Å². The van der Waals surface area contributed by atoms with Crippen molar-refractivity contribution in [1.29, 1.82) is 0 Å². The minimum absolute atomic E-state index is 0.754. The van der Waals surface area contributed by atoms with E-state index in [1.54, 1.807) is 0 Å². The van der Waals surface area contributed by atoms with Gasteiger partial charge in [0.25, 0.3) is 0 Å². The van der Waals surface area contributed by atoms with E-state index in [4.69, 9.17) is 8.85 Å². The van der Waals surface area contributed by atoms with E-state index >= 15 is 0 Å². The van der Waals surface area contributed by atoms with Gasteiger partial charge in [0, 0.05) is 19.3 Å². The van der Waals surface area contributed by atoms with Gasteiger partial charge in [0.05, 0.1) is 0 Å². The van der Waals surface area contributed by atoms with Crippen LogP contribution in [0.3, 0.4) is 0 Å². The lowest BCUT2D eigenvalue weighted by atomic mass is 10.5. The van der Waals surface area contributed by atoms with Gasteiger partial charge in [-0.2, -0.15) is 0 Å². The van der Waals surface area contributed by atoms with E-state index in [-0.39, 0.29) is 0 Å². The van der Waals surface area contributed by atoms with Gasteiger partial charge in [0.1, 0.15) is 8.24 Å². The lowest BCUT2D eigenvalue weighted by molar-refractivity contribution is 0.187. The fourth-order valence-electron chi connectivity index (χ4n) is 4.68. The van der Waals surface area contributed by atoms with Crippen LogP contribution in [0.2, 0.25) is 29.2 Å². The largest absolute Gasteiger partial charge is 0.395 e. The minimum Gasteiger partial charge on any atom is -0.395 e. The Balaban J connectivity index is 5.15. The zero-order valence-corrected chi connectivity index (χ0v) is 18.8. The van der Waals surface area contributed by atoms with E-state index in [2.05, 4.69) is 73.6 Å². The molecule has 0 saturated heterocycles. The monoisotopic (exact) mass is 347 g/mol. The summed E-state index contributed by atoms with van der Waals surface area (Å²) < 4.78 is 14.8. The summed E-state index contributed by atoms with van der Waals surface area (Å²) in [6.45, 7) is 23.5. The maximum Gasteiger partial charge on any atom is 0.336 e. The van der Waals surface area contributed by atoms with Crippen LogP contribution in [0, 0.1) is 0 Å². The van der Waals surface area contributed by atoms with Crippen LogP contribution in [0.5, 0.6) is 0 Å². The van der Waals surface area contributed by atoms with Crippen LogP contribution < -0.4 is 0 Å². The molecule has 0 bridgehead atoms. The number of nitrogens with zero attached hydrogens (tertiary/aromatic N) is 1. The van der Waals surface area contributed by atoms with Gasteiger partial charge in [-0.25, -0.2) is 0 Å². The predicted molar refractivity (Wildman–Crippen MR) is 103 cm³/mol. The van der Waals surface area contributed by atoms with Gasteiger partial charge in [0.15, 0.2) is 0 Å². The summed E-state index contributed by atoms with van der Waals surface area (Å²) in [6, 6.07) is 1.06. The van der Waals surface area contributed by atoms with E-state index in [1.807, 2.05) is 0 Å².